The van der Waals surface area contributed by atoms with E-state index < -0.39 is 6.17 Å². The maximum absolute atomic E-state index is 12.6. The third kappa shape index (κ3) is 7.35. The van der Waals surface area contributed by atoms with Crippen LogP contribution in [0.4, 0.5) is 4.39 Å². The van der Waals surface area contributed by atoms with Gasteiger partial charge in [-0.1, -0.05) is 65.7 Å². The molecule has 0 radical (unpaired) electrons. The Balaban J connectivity index is 0. The second kappa shape index (κ2) is 9.77. The molecule has 2 aliphatic carbocycles. The highest BCUT2D eigenvalue weighted by molar-refractivity contribution is 4.70. The molecule has 0 aromatic heterocycles. The number of halogens is 1. The number of rotatable bonds is 0. The minimum Gasteiger partial charge on any atom is -0.412 e. The lowest BCUT2D eigenvalue weighted by Crippen LogP contribution is -2.16. The Kier molecular flexibility index (Phi) is 9.71. The SMILES string of the molecule is CC1CCCC(C)CC1.CC1CCCCC1F.O.[HH]. The topological polar surface area (TPSA) is 31.5 Å². The zero-order chi connectivity index (χ0) is 12.7. The Morgan fingerprint density at radius 1 is 0.722 bits per heavy atom. The van der Waals surface area contributed by atoms with Crippen LogP contribution in [-0.4, -0.2) is 11.6 Å². The Labute approximate surface area is 114 Å². The summed E-state index contributed by atoms with van der Waals surface area (Å²) in [5.41, 5.74) is 0. The van der Waals surface area contributed by atoms with Crippen LogP contribution in [-0.2, 0) is 0 Å². The number of alkyl halides is 1. The summed E-state index contributed by atoms with van der Waals surface area (Å²) in [5.74, 6) is 2.36. The predicted octanol–water partition coefficient (Wildman–Crippen LogP) is 5.18. The quantitative estimate of drug-likeness (QED) is 0.539. The first-order valence-electron chi connectivity index (χ1n) is 7.73. The normalized spacial score (nSPS) is 36.7. The first-order chi connectivity index (χ1) is 8.09. The summed E-state index contributed by atoms with van der Waals surface area (Å²) >= 11 is 0. The van der Waals surface area contributed by atoms with Crippen LogP contribution in [0.1, 0.15) is 80.0 Å². The second-order valence-corrected chi connectivity index (χ2v) is 6.50. The van der Waals surface area contributed by atoms with Gasteiger partial charge in [0.1, 0.15) is 6.17 Å². The molecule has 112 valence electrons. The van der Waals surface area contributed by atoms with Gasteiger partial charge < -0.3 is 5.48 Å². The van der Waals surface area contributed by atoms with Gasteiger partial charge in [-0.2, -0.15) is 0 Å². The largest absolute Gasteiger partial charge is 0.412 e. The van der Waals surface area contributed by atoms with Gasteiger partial charge in [0.05, 0.1) is 0 Å². The molecule has 2 N–H and O–H groups in total. The van der Waals surface area contributed by atoms with Crippen molar-refractivity contribution in [2.45, 2.75) is 84.7 Å². The van der Waals surface area contributed by atoms with Crippen molar-refractivity contribution in [3.05, 3.63) is 0 Å². The Morgan fingerprint density at radius 3 is 1.61 bits per heavy atom. The van der Waals surface area contributed by atoms with Crippen molar-refractivity contribution in [2.24, 2.45) is 17.8 Å². The van der Waals surface area contributed by atoms with Crippen LogP contribution in [0.3, 0.4) is 0 Å². The van der Waals surface area contributed by atoms with E-state index in [1.54, 1.807) is 0 Å². The fraction of sp³-hybridized carbons (Fsp3) is 1.00. The Hall–Kier alpha value is -0.110. The van der Waals surface area contributed by atoms with E-state index in [0.717, 1.165) is 31.1 Å². The molecule has 2 rings (SSSR count). The van der Waals surface area contributed by atoms with Gasteiger partial charge in [0, 0.05) is 1.43 Å². The summed E-state index contributed by atoms with van der Waals surface area (Å²) in [7, 11) is 0. The molecule has 2 heteroatoms. The van der Waals surface area contributed by atoms with Gasteiger partial charge >= 0.3 is 0 Å². The van der Waals surface area contributed by atoms with Gasteiger partial charge in [0.25, 0.3) is 0 Å². The summed E-state index contributed by atoms with van der Waals surface area (Å²) in [5, 5.41) is 0. The van der Waals surface area contributed by atoms with E-state index in [1.807, 2.05) is 6.92 Å². The van der Waals surface area contributed by atoms with E-state index >= 15 is 0 Å². The molecule has 0 amide bonds. The minimum atomic E-state index is -0.497. The van der Waals surface area contributed by atoms with E-state index in [9.17, 15) is 4.39 Å². The van der Waals surface area contributed by atoms with Gasteiger partial charge in [-0.3, -0.25) is 0 Å². The van der Waals surface area contributed by atoms with Crippen molar-refractivity contribution in [3.63, 3.8) is 0 Å². The molecule has 0 heterocycles. The van der Waals surface area contributed by atoms with Crippen molar-refractivity contribution in [2.75, 3.05) is 0 Å². The van der Waals surface area contributed by atoms with Gasteiger partial charge in [0.2, 0.25) is 0 Å². The van der Waals surface area contributed by atoms with Gasteiger partial charge in [0.15, 0.2) is 0 Å². The zero-order valence-electron chi connectivity index (χ0n) is 12.6. The second-order valence-electron chi connectivity index (χ2n) is 6.50. The van der Waals surface area contributed by atoms with Gasteiger partial charge in [-0.25, -0.2) is 4.39 Å². The maximum atomic E-state index is 12.6. The molecule has 4 unspecified atom stereocenters. The molecular formula is C16H35FO. The summed E-state index contributed by atoms with van der Waals surface area (Å²) in [6.45, 7) is 6.78. The first kappa shape index (κ1) is 17.9. The molecule has 2 saturated carbocycles. The van der Waals surface area contributed by atoms with Crippen molar-refractivity contribution >= 4 is 0 Å². The lowest BCUT2D eigenvalue weighted by atomic mass is 9.89. The zero-order valence-corrected chi connectivity index (χ0v) is 12.6. The van der Waals surface area contributed by atoms with Crippen LogP contribution < -0.4 is 0 Å². The molecule has 1 nitrogen and oxygen atoms in total. The van der Waals surface area contributed by atoms with Crippen LogP contribution in [0.25, 0.3) is 0 Å². The van der Waals surface area contributed by atoms with Gasteiger partial charge in [-0.15, -0.1) is 0 Å². The molecule has 18 heavy (non-hydrogen) atoms. The molecule has 0 aromatic carbocycles. The lowest BCUT2D eigenvalue weighted by Gasteiger charge is -2.21. The Morgan fingerprint density at radius 2 is 1.22 bits per heavy atom. The third-order valence-electron chi connectivity index (χ3n) is 4.55. The highest BCUT2D eigenvalue weighted by Crippen LogP contribution is 2.26. The first-order valence-corrected chi connectivity index (χ1v) is 7.73. The van der Waals surface area contributed by atoms with Crippen molar-refractivity contribution in [1.82, 2.24) is 0 Å². The summed E-state index contributed by atoms with van der Waals surface area (Å²) < 4.78 is 12.6. The molecule has 0 bridgehead atoms. The minimum absolute atomic E-state index is 0. The highest BCUT2D eigenvalue weighted by Gasteiger charge is 2.19. The van der Waals surface area contributed by atoms with Crippen LogP contribution in [0.2, 0.25) is 0 Å². The molecule has 0 spiro atoms. The smallest absolute Gasteiger partial charge is 0.103 e. The van der Waals surface area contributed by atoms with E-state index in [2.05, 4.69) is 13.8 Å². The highest BCUT2D eigenvalue weighted by atomic mass is 19.1. The van der Waals surface area contributed by atoms with Crippen LogP contribution in [0, 0.1) is 17.8 Å². The summed E-state index contributed by atoms with van der Waals surface area (Å²) in [4.78, 5) is 0. The standard InChI is InChI=1S/C9H18.C7H13F.H2O.H2/c1-8-4-3-5-9(2)7-6-8;1-6-4-2-3-5-7(6)8;;/h8-9H,3-7H2,1-2H3;6-7H,2-5H2,1H3;1H2;1H. The van der Waals surface area contributed by atoms with Crippen molar-refractivity contribution in [1.29, 1.82) is 0 Å². The molecule has 2 fully saturated rings. The molecule has 0 aliphatic heterocycles. The maximum Gasteiger partial charge on any atom is 0.103 e. The van der Waals surface area contributed by atoms with E-state index in [-0.39, 0.29) is 6.90 Å². The fourth-order valence-electron chi connectivity index (χ4n) is 2.94. The predicted molar refractivity (Wildman–Crippen MR) is 79.7 cm³/mol. The number of hydrogen-bond donors (Lipinski definition) is 0. The van der Waals surface area contributed by atoms with E-state index in [4.69, 9.17) is 0 Å². The average Bonchev–Trinajstić information content (AvgIpc) is 2.49. The van der Waals surface area contributed by atoms with E-state index in [0.29, 0.717) is 5.92 Å². The molecule has 4 atom stereocenters. The third-order valence-corrected chi connectivity index (χ3v) is 4.55. The fourth-order valence-corrected chi connectivity index (χ4v) is 2.94. The van der Waals surface area contributed by atoms with Crippen molar-refractivity contribution < 1.29 is 11.3 Å². The molecule has 0 aromatic rings. The van der Waals surface area contributed by atoms with E-state index in [1.165, 1.54) is 38.5 Å². The van der Waals surface area contributed by atoms with Crippen molar-refractivity contribution in [3.8, 4) is 0 Å². The summed E-state index contributed by atoms with van der Waals surface area (Å²) in [6, 6.07) is 0. The Bertz CT molecular complexity index is 181. The molecule has 2 aliphatic rings. The monoisotopic (exact) mass is 262 g/mol. The lowest BCUT2D eigenvalue weighted by molar-refractivity contribution is 0.179. The van der Waals surface area contributed by atoms with Crippen LogP contribution >= 0.6 is 0 Å². The number of hydrogen-bond acceptors (Lipinski definition) is 0. The van der Waals surface area contributed by atoms with Crippen LogP contribution in [0.15, 0.2) is 0 Å². The average molecular weight is 262 g/mol. The summed E-state index contributed by atoms with van der Waals surface area (Å²) in [6.07, 6.45) is 11.1. The van der Waals surface area contributed by atoms with Crippen LogP contribution in [0.5, 0.6) is 0 Å². The van der Waals surface area contributed by atoms with Gasteiger partial charge in [-0.05, 0) is 30.6 Å². The molecular weight excluding hydrogens is 227 g/mol. The molecule has 0 saturated heterocycles.